The molecule has 104 valence electrons. The maximum Gasteiger partial charge on any atom is 0.145 e. The summed E-state index contributed by atoms with van der Waals surface area (Å²) in [5.41, 5.74) is 3.39. The van der Waals surface area contributed by atoms with Crippen molar-refractivity contribution in [1.29, 1.82) is 0 Å². The van der Waals surface area contributed by atoms with Gasteiger partial charge in [0.1, 0.15) is 17.5 Å². The zero-order valence-corrected chi connectivity index (χ0v) is 13.4. The quantitative estimate of drug-likeness (QED) is 0.414. The normalized spacial score (nSPS) is 14.2. The number of anilines is 3. The highest BCUT2D eigenvalue weighted by atomic mass is 127. The summed E-state index contributed by atoms with van der Waals surface area (Å²) in [5, 5.41) is 3.87. The van der Waals surface area contributed by atoms with E-state index in [1.165, 1.54) is 0 Å². The van der Waals surface area contributed by atoms with E-state index in [9.17, 15) is 0 Å². The Labute approximate surface area is 135 Å². The van der Waals surface area contributed by atoms with Crippen molar-refractivity contribution in [3.63, 3.8) is 0 Å². The van der Waals surface area contributed by atoms with Crippen molar-refractivity contribution in [3.8, 4) is 0 Å². The van der Waals surface area contributed by atoms with E-state index in [2.05, 4.69) is 43.3 Å². The first kappa shape index (κ1) is 13.8. The lowest BCUT2D eigenvalue weighted by atomic mass is 10.3. The van der Waals surface area contributed by atoms with Crippen LogP contribution < -0.4 is 16.6 Å². The smallest absolute Gasteiger partial charge is 0.145 e. The third-order valence-corrected chi connectivity index (χ3v) is 4.01. The maximum atomic E-state index is 6.22. The highest BCUT2D eigenvalue weighted by Crippen LogP contribution is 2.39. The van der Waals surface area contributed by atoms with Crippen LogP contribution in [0.2, 0.25) is 5.02 Å². The molecule has 1 fully saturated rings. The second kappa shape index (κ2) is 5.71. The molecule has 0 saturated heterocycles. The molecule has 0 radical (unpaired) electrons. The van der Waals surface area contributed by atoms with Crippen LogP contribution in [0.4, 0.5) is 17.3 Å². The fraction of sp³-hybridized carbons (Fsp3) is 0.231. The number of nitrogens with zero attached hydrogens (tertiary/aromatic N) is 2. The zero-order chi connectivity index (χ0) is 14.1. The van der Waals surface area contributed by atoms with Crippen molar-refractivity contribution < 1.29 is 0 Å². The lowest BCUT2D eigenvalue weighted by molar-refractivity contribution is 0.929. The van der Waals surface area contributed by atoms with Gasteiger partial charge < -0.3 is 10.7 Å². The second-order valence-electron chi connectivity index (χ2n) is 4.66. The summed E-state index contributed by atoms with van der Waals surface area (Å²) in [7, 11) is 0. The van der Waals surface area contributed by atoms with E-state index >= 15 is 0 Å². The molecule has 0 atom stereocenters. The number of hydrogen-bond acceptors (Lipinski definition) is 5. The average Bonchev–Trinajstić information content (AvgIpc) is 3.26. The molecule has 4 N–H and O–H groups in total. The minimum Gasteiger partial charge on any atom is -0.339 e. The molecule has 0 aliphatic heterocycles. The first-order chi connectivity index (χ1) is 9.65. The van der Waals surface area contributed by atoms with Gasteiger partial charge in [0.05, 0.1) is 10.7 Å². The Morgan fingerprint density at radius 3 is 2.60 bits per heavy atom. The summed E-state index contributed by atoms with van der Waals surface area (Å²) in [6.07, 6.45) is 2.27. The van der Waals surface area contributed by atoms with Crippen LogP contribution in [-0.4, -0.2) is 9.97 Å². The molecule has 0 bridgehead atoms. The Kier molecular flexibility index (Phi) is 3.95. The summed E-state index contributed by atoms with van der Waals surface area (Å²) in [5.74, 6) is 8.03. The highest BCUT2D eigenvalue weighted by molar-refractivity contribution is 14.1. The van der Waals surface area contributed by atoms with Gasteiger partial charge >= 0.3 is 0 Å². The van der Waals surface area contributed by atoms with Gasteiger partial charge in [-0.2, -0.15) is 0 Å². The van der Waals surface area contributed by atoms with Crippen molar-refractivity contribution >= 4 is 51.5 Å². The Morgan fingerprint density at radius 1 is 1.20 bits per heavy atom. The molecule has 1 heterocycles. The molecular formula is C13H13ClIN5. The number of benzene rings is 1. The first-order valence-corrected chi connectivity index (χ1v) is 7.69. The van der Waals surface area contributed by atoms with Crippen molar-refractivity contribution in [3.05, 3.63) is 38.7 Å². The molecule has 0 amide bonds. The SMILES string of the molecule is NNc1cc(Nc2ccc(I)cc2Cl)nc(C2CC2)n1. The van der Waals surface area contributed by atoms with Gasteiger partial charge in [-0.15, -0.1) is 0 Å². The molecule has 20 heavy (non-hydrogen) atoms. The fourth-order valence-electron chi connectivity index (χ4n) is 1.86. The fourth-order valence-corrected chi connectivity index (χ4v) is 2.76. The van der Waals surface area contributed by atoms with E-state index in [-0.39, 0.29) is 0 Å². The van der Waals surface area contributed by atoms with E-state index in [4.69, 9.17) is 17.4 Å². The van der Waals surface area contributed by atoms with Crippen LogP contribution in [-0.2, 0) is 0 Å². The number of nitrogens with two attached hydrogens (primary N) is 1. The Hall–Kier alpha value is -1.12. The lowest BCUT2D eigenvalue weighted by Gasteiger charge is -2.11. The Balaban J connectivity index is 1.91. The van der Waals surface area contributed by atoms with E-state index in [0.717, 1.165) is 27.9 Å². The van der Waals surface area contributed by atoms with Crippen LogP contribution in [0.3, 0.4) is 0 Å². The predicted molar refractivity (Wildman–Crippen MR) is 89.3 cm³/mol. The monoisotopic (exact) mass is 401 g/mol. The van der Waals surface area contributed by atoms with Gasteiger partial charge in [0.2, 0.25) is 0 Å². The van der Waals surface area contributed by atoms with Gasteiger partial charge in [-0.3, -0.25) is 0 Å². The van der Waals surface area contributed by atoms with Crippen LogP contribution >= 0.6 is 34.2 Å². The van der Waals surface area contributed by atoms with Crippen LogP contribution in [0, 0.1) is 3.57 Å². The second-order valence-corrected chi connectivity index (χ2v) is 6.32. The molecule has 3 rings (SSSR count). The molecule has 1 saturated carbocycles. The minimum absolute atomic E-state index is 0.455. The maximum absolute atomic E-state index is 6.22. The van der Waals surface area contributed by atoms with E-state index in [0.29, 0.717) is 22.6 Å². The summed E-state index contributed by atoms with van der Waals surface area (Å²) in [6, 6.07) is 7.58. The molecule has 1 aromatic carbocycles. The summed E-state index contributed by atoms with van der Waals surface area (Å²) in [6.45, 7) is 0. The van der Waals surface area contributed by atoms with Crippen molar-refractivity contribution in [1.82, 2.24) is 9.97 Å². The van der Waals surface area contributed by atoms with Crippen molar-refractivity contribution in [2.75, 3.05) is 10.7 Å². The van der Waals surface area contributed by atoms with Crippen LogP contribution in [0.1, 0.15) is 24.6 Å². The van der Waals surface area contributed by atoms with Gasteiger partial charge in [0.15, 0.2) is 0 Å². The van der Waals surface area contributed by atoms with Gasteiger partial charge in [-0.05, 0) is 53.6 Å². The number of nitrogens with one attached hydrogen (secondary N) is 2. The molecule has 7 heteroatoms. The first-order valence-electron chi connectivity index (χ1n) is 6.23. The predicted octanol–water partition coefficient (Wildman–Crippen LogP) is 3.64. The third kappa shape index (κ3) is 3.13. The summed E-state index contributed by atoms with van der Waals surface area (Å²) < 4.78 is 1.09. The van der Waals surface area contributed by atoms with E-state index in [1.54, 1.807) is 6.07 Å². The standard InChI is InChI=1S/C13H13ClIN5/c14-9-5-8(15)3-4-10(9)17-11-6-12(20-16)19-13(18-11)7-1-2-7/h3-7H,1-2,16H2,(H2,17,18,19,20). The molecule has 0 unspecified atom stereocenters. The lowest BCUT2D eigenvalue weighted by Crippen LogP contribution is -2.11. The molecule has 2 aromatic rings. The number of nitrogen functional groups attached to an aromatic ring is 1. The van der Waals surface area contributed by atoms with Crippen LogP contribution in [0.15, 0.2) is 24.3 Å². The van der Waals surface area contributed by atoms with Gasteiger partial charge in [0.25, 0.3) is 0 Å². The topological polar surface area (TPSA) is 75.9 Å². The number of aromatic nitrogens is 2. The van der Waals surface area contributed by atoms with Gasteiger partial charge in [-0.25, -0.2) is 15.8 Å². The minimum atomic E-state index is 0.455. The molecule has 1 aliphatic rings. The third-order valence-electron chi connectivity index (χ3n) is 3.03. The number of halogens is 2. The molecule has 5 nitrogen and oxygen atoms in total. The number of hydrazine groups is 1. The van der Waals surface area contributed by atoms with Crippen LogP contribution in [0.25, 0.3) is 0 Å². The summed E-state index contributed by atoms with van der Waals surface area (Å²) >= 11 is 8.44. The molecular weight excluding hydrogens is 389 g/mol. The van der Waals surface area contributed by atoms with Gasteiger partial charge in [0, 0.05) is 15.6 Å². The average molecular weight is 402 g/mol. The van der Waals surface area contributed by atoms with Crippen molar-refractivity contribution in [2.45, 2.75) is 18.8 Å². The zero-order valence-electron chi connectivity index (χ0n) is 10.5. The Bertz CT molecular complexity index is 645. The molecule has 1 aromatic heterocycles. The van der Waals surface area contributed by atoms with E-state index in [1.807, 2.05) is 18.2 Å². The number of rotatable bonds is 4. The van der Waals surface area contributed by atoms with Crippen LogP contribution in [0.5, 0.6) is 0 Å². The highest BCUT2D eigenvalue weighted by Gasteiger charge is 2.27. The van der Waals surface area contributed by atoms with Gasteiger partial charge in [-0.1, -0.05) is 11.6 Å². The molecule has 1 aliphatic carbocycles. The summed E-state index contributed by atoms with van der Waals surface area (Å²) in [4.78, 5) is 8.89. The number of hydrogen-bond donors (Lipinski definition) is 3. The largest absolute Gasteiger partial charge is 0.339 e. The molecule has 0 spiro atoms. The van der Waals surface area contributed by atoms with Crippen molar-refractivity contribution in [2.24, 2.45) is 5.84 Å². The van der Waals surface area contributed by atoms with E-state index < -0.39 is 0 Å². The Morgan fingerprint density at radius 2 is 1.95 bits per heavy atom.